The highest BCUT2D eigenvalue weighted by atomic mass is 16.7. The van der Waals surface area contributed by atoms with Gasteiger partial charge in [0.15, 0.2) is 11.5 Å². The molecule has 1 N–H and O–H groups in total. The van der Waals surface area contributed by atoms with Gasteiger partial charge in [-0.1, -0.05) is 13.3 Å². The number of rotatable bonds is 5. The molecule has 2 atom stereocenters. The molecule has 0 aromatic heterocycles. The maximum atomic E-state index is 12.8. The first-order valence-corrected chi connectivity index (χ1v) is 9.07. The van der Waals surface area contributed by atoms with Crippen LogP contribution in [0.1, 0.15) is 49.9 Å². The van der Waals surface area contributed by atoms with Gasteiger partial charge in [0.1, 0.15) is 0 Å². The van der Waals surface area contributed by atoms with E-state index < -0.39 is 0 Å². The fraction of sp³-hybridized carbons (Fsp3) is 0.579. The monoisotopic (exact) mass is 346 g/mol. The molecule has 2 aliphatic heterocycles. The second-order valence-corrected chi connectivity index (χ2v) is 6.86. The predicted octanol–water partition coefficient (Wildman–Crippen LogP) is 2.57. The average molecular weight is 346 g/mol. The van der Waals surface area contributed by atoms with Crippen molar-refractivity contribution in [3.8, 4) is 11.5 Å². The standard InChI is InChI=1S/C19H26N2O4/c1-3-5-13(2)20-18(22)15-6-4-9-21(11-15)19(23)14-7-8-16-17(10-14)25-12-24-16/h7-8,10,13,15H,3-6,9,11-12H2,1-2H3,(H,20,22). The molecule has 2 aliphatic rings. The van der Waals surface area contributed by atoms with E-state index in [1.807, 2.05) is 6.92 Å². The Kier molecular flexibility index (Phi) is 5.46. The second kappa shape index (κ2) is 7.76. The Bertz CT molecular complexity index is 646. The number of benzene rings is 1. The van der Waals surface area contributed by atoms with Crippen molar-refractivity contribution >= 4 is 11.8 Å². The molecule has 0 spiro atoms. The molecule has 136 valence electrons. The summed E-state index contributed by atoms with van der Waals surface area (Å²) in [6.07, 6.45) is 3.69. The van der Waals surface area contributed by atoms with Crippen molar-refractivity contribution < 1.29 is 19.1 Å². The number of nitrogens with zero attached hydrogens (tertiary/aromatic N) is 1. The lowest BCUT2D eigenvalue weighted by atomic mass is 9.96. The zero-order chi connectivity index (χ0) is 17.8. The Balaban J connectivity index is 1.62. The first-order valence-electron chi connectivity index (χ1n) is 9.07. The van der Waals surface area contributed by atoms with Crippen molar-refractivity contribution in [1.29, 1.82) is 0 Å². The van der Waals surface area contributed by atoms with Crippen LogP contribution in [0.2, 0.25) is 0 Å². The zero-order valence-corrected chi connectivity index (χ0v) is 14.9. The summed E-state index contributed by atoms with van der Waals surface area (Å²) in [6, 6.07) is 5.41. The second-order valence-electron chi connectivity index (χ2n) is 6.86. The van der Waals surface area contributed by atoms with Gasteiger partial charge in [0.05, 0.1) is 5.92 Å². The lowest BCUT2D eigenvalue weighted by molar-refractivity contribution is -0.127. The molecule has 0 aliphatic carbocycles. The van der Waals surface area contributed by atoms with Crippen molar-refractivity contribution in [2.45, 2.75) is 45.6 Å². The van der Waals surface area contributed by atoms with E-state index in [1.165, 1.54) is 0 Å². The molecular weight excluding hydrogens is 320 g/mol. The number of carbonyl (C=O) groups is 2. The molecule has 0 radical (unpaired) electrons. The highest BCUT2D eigenvalue weighted by Gasteiger charge is 2.30. The van der Waals surface area contributed by atoms with Crippen LogP contribution in [0.4, 0.5) is 0 Å². The van der Waals surface area contributed by atoms with Crippen LogP contribution < -0.4 is 14.8 Å². The molecule has 1 saturated heterocycles. The van der Waals surface area contributed by atoms with Crippen LogP contribution in [0.3, 0.4) is 0 Å². The van der Waals surface area contributed by atoms with Crippen molar-refractivity contribution in [1.82, 2.24) is 10.2 Å². The molecule has 6 heteroatoms. The zero-order valence-electron chi connectivity index (χ0n) is 14.9. The van der Waals surface area contributed by atoms with E-state index in [1.54, 1.807) is 23.1 Å². The van der Waals surface area contributed by atoms with Crippen LogP contribution in [0.5, 0.6) is 11.5 Å². The largest absolute Gasteiger partial charge is 0.454 e. The van der Waals surface area contributed by atoms with Crippen molar-refractivity contribution in [2.24, 2.45) is 5.92 Å². The number of nitrogens with one attached hydrogen (secondary N) is 1. The molecule has 0 saturated carbocycles. The van der Waals surface area contributed by atoms with E-state index in [9.17, 15) is 9.59 Å². The van der Waals surface area contributed by atoms with Gasteiger partial charge in [0.2, 0.25) is 12.7 Å². The van der Waals surface area contributed by atoms with E-state index in [4.69, 9.17) is 9.47 Å². The number of ether oxygens (including phenoxy) is 2. The SMILES string of the molecule is CCCC(C)NC(=O)C1CCCN(C(=O)c2ccc3c(c2)OCO3)C1. The van der Waals surface area contributed by atoms with E-state index >= 15 is 0 Å². The summed E-state index contributed by atoms with van der Waals surface area (Å²) in [6.45, 7) is 5.48. The fourth-order valence-corrected chi connectivity index (χ4v) is 3.45. The molecule has 1 aromatic rings. The molecule has 6 nitrogen and oxygen atoms in total. The van der Waals surface area contributed by atoms with Crippen molar-refractivity contribution in [3.63, 3.8) is 0 Å². The minimum Gasteiger partial charge on any atom is -0.454 e. The summed E-state index contributed by atoms with van der Waals surface area (Å²) in [5.74, 6) is 1.13. The third kappa shape index (κ3) is 4.06. The number of carbonyl (C=O) groups excluding carboxylic acids is 2. The topological polar surface area (TPSA) is 67.9 Å². The van der Waals surface area contributed by atoms with Gasteiger partial charge in [0, 0.05) is 24.7 Å². The van der Waals surface area contributed by atoms with E-state index in [-0.39, 0.29) is 30.6 Å². The van der Waals surface area contributed by atoms with E-state index in [0.717, 1.165) is 25.7 Å². The Morgan fingerprint density at radius 1 is 1.32 bits per heavy atom. The molecule has 2 heterocycles. The Morgan fingerprint density at radius 2 is 2.12 bits per heavy atom. The van der Waals surface area contributed by atoms with Crippen molar-refractivity contribution in [3.05, 3.63) is 23.8 Å². The summed E-state index contributed by atoms with van der Waals surface area (Å²) >= 11 is 0. The van der Waals surface area contributed by atoms with Gasteiger partial charge in [-0.2, -0.15) is 0 Å². The normalized spacial score (nSPS) is 20.2. The summed E-state index contributed by atoms with van der Waals surface area (Å²) in [5, 5.41) is 3.07. The molecule has 2 amide bonds. The first kappa shape index (κ1) is 17.6. The third-order valence-corrected chi connectivity index (χ3v) is 4.81. The number of likely N-dealkylation sites (tertiary alicyclic amines) is 1. The average Bonchev–Trinajstić information content (AvgIpc) is 3.09. The quantitative estimate of drug-likeness (QED) is 0.890. The lowest BCUT2D eigenvalue weighted by Gasteiger charge is -2.32. The number of piperidine rings is 1. The minimum atomic E-state index is -0.133. The molecule has 1 fully saturated rings. The summed E-state index contributed by atoms with van der Waals surface area (Å²) < 4.78 is 10.6. The van der Waals surface area contributed by atoms with Crippen LogP contribution in [0, 0.1) is 5.92 Å². The maximum absolute atomic E-state index is 12.8. The lowest BCUT2D eigenvalue weighted by Crippen LogP contribution is -2.47. The number of fused-ring (bicyclic) bond motifs is 1. The summed E-state index contributed by atoms with van der Waals surface area (Å²) in [7, 11) is 0. The van der Waals surface area contributed by atoms with Crippen LogP contribution >= 0.6 is 0 Å². The molecule has 2 unspecified atom stereocenters. The van der Waals surface area contributed by atoms with Gasteiger partial charge in [-0.3, -0.25) is 9.59 Å². The van der Waals surface area contributed by atoms with E-state index in [2.05, 4.69) is 12.2 Å². The Morgan fingerprint density at radius 3 is 2.92 bits per heavy atom. The Hall–Kier alpha value is -2.24. The number of hydrogen-bond acceptors (Lipinski definition) is 4. The van der Waals surface area contributed by atoms with Gasteiger partial charge in [0.25, 0.3) is 5.91 Å². The predicted molar refractivity (Wildman–Crippen MR) is 93.7 cm³/mol. The summed E-state index contributed by atoms with van der Waals surface area (Å²) in [5.41, 5.74) is 0.574. The highest BCUT2D eigenvalue weighted by molar-refractivity contribution is 5.95. The third-order valence-electron chi connectivity index (χ3n) is 4.81. The molecule has 3 rings (SSSR count). The van der Waals surface area contributed by atoms with Crippen LogP contribution in [0.15, 0.2) is 18.2 Å². The molecular formula is C19H26N2O4. The van der Waals surface area contributed by atoms with Gasteiger partial charge >= 0.3 is 0 Å². The first-order chi connectivity index (χ1) is 12.1. The minimum absolute atomic E-state index is 0.0580. The number of amides is 2. The van der Waals surface area contributed by atoms with Gasteiger partial charge in [-0.25, -0.2) is 0 Å². The van der Waals surface area contributed by atoms with Crippen LogP contribution in [-0.2, 0) is 4.79 Å². The van der Waals surface area contributed by atoms with Gasteiger partial charge in [-0.05, 0) is 44.4 Å². The fourth-order valence-electron chi connectivity index (χ4n) is 3.45. The van der Waals surface area contributed by atoms with Crippen molar-refractivity contribution in [2.75, 3.05) is 19.9 Å². The highest BCUT2D eigenvalue weighted by Crippen LogP contribution is 2.33. The molecule has 25 heavy (non-hydrogen) atoms. The molecule has 1 aromatic carbocycles. The van der Waals surface area contributed by atoms with Gasteiger partial charge < -0.3 is 19.7 Å². The smallest absolute Gasteiger partial charge is 0.254 e. The van der Waals surface area contributed by atoms with Crippen LogP contribution in [0.25, 0.3) is 0 Å². The Labute approximate surface area is 148 Å². The maximum Gasteiger partial charge on any atom is 0.254 e. The van der Waals surface area contributed by atoms with E-state index in [0.29, 0.717) is 30.2 Å². The summed E-state index contributed by atoms with van der Waals surface area (Å²) in [4.78, 5) is 27.0. The number of hydrogen-bond donors (Lipinski definition) is 1. The van der Waals surface area contributed by atoms with Crippen LogP contribution in [-0.4, -0.2) is 42.6 Å². The molecule has 0 bridgehead atoms. The van der Waals surface area contributed by atoms with Gasteiger partial charge in [-0.15, -0.1) is 0 Å².